The topological polar surface area (TPSA) is 50.8 Å². The average molecular weight is 306 g/mol. The number of carbonyl (C=O) groups is 1. The summed E-state index contributed by atoms with van der Waals surface area (Å²) in [7, 11) is 3.19. The van der Waals surface area contributed by atoms with E-state index in [0.717, 1.165) is 25.6 Å². The fourth-order valence-electron chi connectivity index (χ4n) is 2.85. The molecule has 1 fully saturated rings. The summed E-state index contributed by atoms with van der Waals surface area (Å²) in [5, 5.41) is 2.92. The molecule has 0 spiro atoms. The number of nitrogens with one attached hydrogen (secondary N) is 1. The molecule has 1 aromatic carbocycles. The minimum absolute atomic E-state index is 0.0218. The lowest BCUT2D eigenvalue weighted by molar-refractivity contribution is -0.116. The molecule has 1 aliphatic heterocycles. The summed E-state index contributed by atoms with van der Waals surface area (Å²) in [4.78, 5) is 14.5. The van der Waals surface area contributed by atoms with E-state index in [1.54, 1.807) is 32.4 Å². The van der Waals surface area contributed by atoms with Crippen LogP contribution < -0.4 is 14.8 Å². The molecule has 0 radical (unpaired) electrons. The van der Waals surface area contributed by atoms with Crippen LogP contribution in [-0.4, -0.2) is 44.7 Å². The highest BCUT2D eigenvalue weighted by atomic mass is 16.5. The van der Waals surface area contributed by atoms with E-state index in [0.29, 0.717) is 23.6 Å². The first-order chi connectivity index (χ1) is 10.6. The van der Waals surface area contributed by atoms with Crippen LogP contribution in [0.5, 0.6) is 11.5 Å². The number of amides is 1. The second-order valence-electron chi connectivity index (χ2n) is 5.95. The summed E-state index contributed by atoms with van der Waals surface area (Å²) in [6.07, 6.45) is 3.04. The third kappa shape index (κ3) is 4.91. The highest BCUT2D eigenvalue weighted by Gasteiger charge is 2.17. The molecule has 1 heterocycles. The van der Waals surface area contributed by atoms with Crippen LogP contribution in [0.25, 0.3) is 0 Å². The number of likely N-dealkylation sites (tertiary alicyclic amines) is 1. The van der Waals surface area contributed by atoms with Crippen molar-refractivity contribution in [3.8, 4) is 11.5 Å². The van der Waals surface area contributed by atoms with E-state index in [2.05, 4.69) is 17.1 Å². The van der Waals surface area contributed by atoms with E-state index in [9.17, 15) is 4.79 Å². The fourth-order valence-corrected chi connectivity index (χ4v) is 2.85. The molecule has 0 aliphatic carbocycles. The zero-order valence-corrected chi connectivity index (χ0v) is 13.7. The Morgan fingerprint density at radius 3 is 2.55 bits per heavy atom. The van der Waals surface area contributed by atoms with Gasteiger partial charge in [0, 0.05) is 43.4 Å². The molecule has 0 unspecified atom stereocenters. The molecule has 22 heavy (non-hydrogen) atoms. The van der Waals surface area contributed by atoms with Crippen molar-refractivity contribution in [1.29, 1.82) is 0 Å². The molecular weight excluding hydrogens is 280 g/mol. The first-order valence-corrected chi connectivity index (χ1v) is 7.86. The van der Waals surface area contributed by atoms with Gasteiger partial charge >= 0.3 is 0 Å². The number of hydrogen-bond acceptors (Lipinski definition) is 4. The van der Waals surface area contributed by atoms with Gasteiger partial charge < -0.3 is 19.7 Å². The lowest BCUT2D eigenvalue weighted by Crippen LogP contribution is -2.36. The number of hydrogen-bond donors (Lipinski definition) is 1. The van der Waals surface area contributed by atoms with Crippen molar-refractivity contribution in [3.63, 3.8) is 0 Å². The molecule has 5 heteroatoms. The highest BCUT2D eigenvalue weighted by Crippen LogP contribution is 2.25. The minimum atomic E-state index is 0.0218. The van der Waals surface area contributed by atoms with E-state index in [4.69, 9.17) is 9.47 Å². The second-order valence-corrected chi connectivity index (χ2v) is 5.95. The maximum absolute atomic E-state index is 12.1. The predicted octanol–water partition coefficient (Wildman–Crippen LogP) is 2.76. The van der Waals surface area contributed by atoms with Gasteiger partial charge in [-0.3, -0.25) is 4.79 Å². The molecular formula is C17H26N2O3. The second kappa shape index (κ2) is 8.03. The molecule has 1 N–H and O–H groups in total. The van der Waals surface area contributed by atoms with Crippen LogP contribution in [0, 0.1) is 5.92 Å². The summed E-state index contributed by atoms with van der Waals surface area (Å²) in [6, 6.07) is 5.37. The zero-order valence-electron chi connectivity index (χ0n) is 13.7. The molecule has 0 bridgehead atoms. The van der Waals surface area contributed by atoms with E-state index in [1.807, 2.05) is 0 Å². The van der Waals surface area contributed by atoms with Crippen LogP contribution in [0.2, 0.25) is 0 Å². The van der Waals surface area contributed by atoms with E-state index in [-0.39, 0.29) is 5.91 Å². The van der Waals surface area contributed by atoms with Gasteiger partial charge in [-0.15, -0.1) is 0 Å². The Kier molecular flexibility index (Phi) is 6.07. The number of rotatable bonds is 6. The van der Waals surface area contributed by atoms with Gasteiger partial charge in [-0.25, -0.2) is 0 Å². The van der Waals surface area contributed by atoms with Crippen molar-refractivity contribution in [2.75, 3.05) is 39.2 Å². The van der Waals surface area contributed by atoms with Crippen molar-refractivity contribution in [2.24, 2.45) is 5.92 Å². The average Bonchev–Trinajstić information content (AvgIpc) is 2.52. The maximum Gasteiger partial charge on any atom is 0.225 e. The molecule has 5 nitrogen and oxygen atoms in total. The third-order valence-corrected chi connectivity index (χ3v) is 4.03. The van der Waals surface area contributed by atoms with Gasteiger partial charge in [0.05, 0.1) is 14.2 Å². The first-order valence-electron chi connectivity index (χ1n) is 7.86. The number of carbonyl (C=O) groups excluding carboxylic acids is 1. The number of anilines is 1. The Labute approximate surface area is 132 Å². The van der Waals surface area contributed by atoms with Gasteiger partial charge in [0.2, 0.25) is 5.91 Å². The van der Waals surface area contributed by atoms with Crippen molar-refractivity contribution in [3.05, 3.63) is 18.2 Å². The van der Waals surface area contributed by atoms with Crippen molar-refractivity contribution in [2.45, 2.75) is 26.2 Å². The van der Waals surface area contributed by atoms with Crippen LogP contribution in [0.4, 0.5) is 5.69 Å². The van der Waals surface area contributed by atoms with Crippen LogP contribution in [0.15, 0.2) is 18.2 Å². The molecule has 1 aliphatic rings. The van der Waals surface area contributed by atoms with E-state index < -0.39 is 0 Å². The van der Waals surface area contributed by atoms with Gasteiger partial charge in [-0.05, 0) is 25.3 Å². The Hall–Kier alpha value is -1.75. The fraction of sp³-hybridized carbons (Fsp3) is 0.588. The molecule has 1 aromatic rings. The van der Waals surface area contributed by atoms with Gasteiger partial charge in [0.15, 0.2) is 0 Å². The Bertz CT molecular complexity index is 482. The number of methoxy groups -OCH3 is 2. The molecule has 122 valence electrons. The zero-order chi connectivity index (χ0) is 15.9. The first kappa shape index (κ1) is 16.6. The molecule has 2 rings (SSSR count). The molecule has 1 amide bonds. The van der Waals surface area contributed by atoms with Gasteiger partial charge in [0.1, 0.15) is 11.5 Å². The normalized spacial score (nSPS) is 18.8. The van der Waals surface area contributed by atoms with Gasteiger partial charge in [-0.2, -0.15) is 0 Å². The minimum Gasteiger partial charge on any atom is -0.497 e. The Morgan fingerprint density at radius 1 is 1.27 bits per heavy atom. The maximum atomic E-state index is 12.1. The van der Waals surface area contributed by atoms with Gasteiger partial charge in [-0.1, -0.05) is 6.92 Å². The Balaban J connectivity index is 1.86. The quantitative estimate of drug-likeness (QED) is 0.878. The molecule has 1 saturated heterocycles. The molecule has 0 saturated carbocycles. The van der Waals surface area contributed by atoms with Crippen LogP contribution in [0.3, 0.4) is 0 Å². The summed E-state index contributed by atoms with van der Waals surface area (Å²) in [5.74, 6) is 2.09. The molecule has 1 atom stereocenters. The van der Waals surface area contributed by atoms with Crippen LogP contribution >= 0.6 is 0 Å². The summed E-state index contributed by atoms with van der Waals surface area (Å²) < 4.78 is 10.4. The lowest BCUT2D eigenvalue weighted by Gasteiger charge is -2.30. The lowest BCUT2D eigenvalue weighted by atomic mass is 10.0. The monoisotopic (exact) mass is 306 g/mol. The smallest absolute Gasteiger partial charge is 0.225 e. The largest absolute Gasteiger partial charge is 0.497 e. The van der Waals surface area contributed by atoms with Crippen LogP contribution in [0.1, 0.15) is 26.2 Å². The number of piperidine rings is 1. The van der Waals surface area contributed by atoms with Crippen LogP contribution in [-0.2, 0) is 4.79 Å². The SMILES string of the molecule is COc1cc(NC(=O)CCN2CCC[C@H](C)C2)cc(OC)c1. The summed E-state index contributed by atoms with van der Waals surface area (Å²) in [5.41, 5.74) is 0.702. The van der Waals surface area contributed by atoms with Crippen molar-refractivity contribution in [1.82, 2.24) is 4.90 Å². The third-order valence-electron chi connectivity index (χ3n) is 4.03. The number of ether oxygens (including phenoxy) is 2. The summed E-state index contributed by atoms with van der Waals surface area (Å²) >= 11 is 0. The van der Waals surface area contributed by atoms with Crippen molar-refractivity contribution >= 4 is 11.6 Å². The standard InChI is InChI=1S/C17H26N2O3/c1-13-5-4-7-19(12-13)8-6-17(20)18-14-9-15(21-2)11-16(10-14)22-3/h9-11,13H,4-8,12H2,1-3H3,(H,18,20)/t13-/m0/s1. The number of benzene rings is 1. The predicted molar refractivity (Wildman–Crippen MR) is 87.6 cm³/mol. The Morgan fingerprint density at radius 2 is 1.95 bits per heavy atom. The van der Waals surface area contributed by atoms with E-state index >= 15 is 0 Å². The summed E-state index contributed by atoms with van der Waals surface area (Å²) in [6.45, 7) is 5.29. The van der Waals surface area contributed by atoms with Crippen molar-refractivity contribution < 1.29 is 14.3 Å². The molecule has 0 aromatic heterocycles. The van der Waals surface area contributed by atoms with Gasteiger partial charge in [0.25, 0.3) is 0 Å². The highest BCUT2D eigenvalue weighted by molar-refractivity contribution is 5.91. The number of nitrogens with zero attached hydrogens (tertiary/aromatic N) is 1. The van der Waals surface area contributed by atoms with E-state index in [1.165, 1.54) is 12.8 Å².